The van der Waals surface area contributed by atoms with Crippen molar-refractivity contribution in [2.75, 3.05) is 12.3 Å². The van der Waals surface area contributed by atoms with Gasteiger partial charge < -0.3 is 15.6 Å². The molecule has 4 heteroatoms. The van der Waals surface area contributed by atoms with Crippen molar-refractivity contribution in [3.8, 4) is 0 Å². The van der Waals surface area contributed by atoms with E-state index in [2.05, 4.69) is 12.2 Å². The number of unbranched alkanes of at least 4 members (excludes halogenated alkanes) is 1. The van der Waals surface area contributed by atoms with Crippen LogP contribution in [0.15, 0.2) is 30.5 Å². The van der Waals surface area contributed by atoms with E-state index in [9.17, 15) is 4.79 Å². The molecule has 0 atom stereocenters. The number of fused-ring (bicyclic) bond motifs is 1. The highest BCUT2D eigenvalue weighted by atomic mass is 16.1. The first-order valence-electron chi connectivity index (χ1n) is 6.32. The lowest BCUT2D eigenvalue weighted by Crippen LogP contribution is -2.28. The zero-order chi connectivity index (χ0) is 13.0. The van der Waals surface area contributed by atoms with Crippen molar-refractivity contribution in [1.29, 1.82) is 0 Å². The van der Waals surface area contributed by atoms with E-state index in [0.29, 0.717) is 6.54 Å². The van der Waals surface area contributed by atoms with Gasteiger partial charge in [0.15, 0.2) is 0 Å². The molecule has 0 radical (unpaired) electrons. The first kappa shape index (κ1) is 12.5. The van der Waals surface area contributed by atoms with Crippen LogP contribution in [0, 0.1) is 0 Å². The second kappa shape index (κ2) is 5.58. The van der Waals surface area contributed by atoms with Gasteiger partial charge in [-0.05, 0) is 24.6 Å². The van der Waals surface area contributed by atoms with Gasteiger partial charge in [-0.1, -0.05) is 19.4 Å². The Morgan fingerprint density at radius 2 is 2.22 bits per heavy atom. The van der Waals surface area contributed by atoms with E-state index in [1.807, 2.05) is 35.0 Å². The Hall–Kier alpha value is -1.97. The van der Waals surface area contributed by atoms with Crippen LogP contribution >= 0.6 is 0 Å². The van der Waals surface area contributed by atoms with Gasteiger partial charge in [-0.25, -0.2) is 0 Å². The third kappa shape index (κ3) is 2.64. The number of nitrogens with zero attached hydrogens (tertiary/aromatic N) is 1. The van der Waals surface area contributed by atoms with Crippen LogP contribution in [0.2, 0.25) is 0 Å². The molecule has 2 rings (SSSR count). The molecular formula is C14H19N3O. The normalized spacial score (nSPS) is 10.7. The lowest BCUT2D eigenvalue weighted by molar-refractivity contribution is -0.121. The summed E-state index contributed by atoms with van der Waals surface area (Å²) in [6.07, 6.45) is 4.01. The number of nitrogens with one attached hydrogen (secondary N) is 1. The van der Waals surface area contributed by atoms with Crippen LogP contribution in [0.3, 0.4) is 0 Å². The molecule has 0 spiro atoms. The summed E-state index contributed by atoms with van der Waals surface area (Å²) < 4.78 is 1.92. The summed E-state index contributed by atoms with van der Waals surface area (Å²) in [4.78, 5) is 11.8. The fourth-order valence-corrected chi connectivity index (χ4v) is 2.00. The Balaban J connectivity index is 2.08. The average Bonchev–Trinajstić information content (AvgIpc) is 2.74. The van der Waals surface area contributed by atoms with Gasteiger partial charge in [0.1, 0.15) is 6.54 Å². The van der Waals surface area contributed by atoms with Gasteiger partial charge in [-0.15, -0.1) is 0 Å². The van der Waals surface area contributed by atoms with Crippen LogP contribution in [0.25, 0.3) is 10.9 Å². The molecule has 0 aliphatic heterocycles. The van der Waals surface area contributed by atoms with Crippen LogP contribution < -0.4 is 11.1 Å². The molecule has 0 fully saturated rings. The fraction of sp³-hybridized carbons (Fsp3) is 0.357. The molecule has 1 aromatic heterocycles. The highest BCUT2D eigenvalue weighted by molar-refractivity contribution is 5.92. The van der Waals surface area contributed by atoms with Gasteiger partial charge in [0, 0.05) is 23.8 Å². The summed E-state index contributed by atoms with van der Waals surface area (Å²) in [6, 6.07) is 7.70. The SMILES string of the molecule is CCCCNC(=O)Cn1ccc2c(N)cccc21. The molecule has 3 N–H and O–H groups in total. The maximum Gasteiger partial charge on any atom is 0.239 e. The zero-order valence-corrected chi connectivity index (χ0v) is 10.6. The van der Waals surface area contributed by atoms with Crippen LogP contribution in [0.5, 0.6) is 0 Å². The van der Waals surface area contributed by atoms with Gasteiger partial charge in [0.05, 0.1) is 5.52 Å². The van der Waals surface area contributed by atoms with Gasteiger partial charge >= 0.3 is 0 Å². The molecule has 0 saturated heterocycles. The minimum atomic E-state index is 0.0448. The lowest BCUT2D eigenvalue weighted by Gasteiger charge is -2.07. The lowest BCUT2D eigenvalue weighted by atomic mass is 10.2. The summed E-state index contributed by atoms with van der Waals surface area (Å²) in [5.41, 5.74) is 7.63. The third-order valence-corrected chi connectivity index (χ3v) is 3.01. The van der Waals surface area contributed by atoms with E-state index in [1.54, 1.807) is 0 Å². The molecule has 1 heterocycles. The Morgan fingerprint density at radius 3 is 3.00 bits per heavy atom. The molecule has 0 bridgehead atoms. The molecule has 0 aliphatic rings. The predicted octanol–water partition coefficient (Wildman–Crippen LogP) is 2.14. The van der Waals surface area contributed by atoms with Gasteiger partial charge in [0.2, 0.25) is 5.91 Å². The largest absolute Gasteiger partial charge is 0.398 e. The molecule has 1 amide bonds. The van der Waals surface area contributed by atoms with Gasteiger partial charge in [-0.2, -0.15) is 0 Å². The second-order valence-corrected chi connectivity index (χ2v) is 4.43. The monoisotopic (exact) mass is 245 g/mol. The number of hydrogen-bond acceptors (Lipinski definition) is 2. The summed E-state index contributed by atoms with van der Waals surface area (Å²) in [5.74, 6) is 0.0448. The van der Waals surface area contributed by atoms with E-state index in [1.165, 1.54) is 0 Å². The van der Waals surface area contributed by atoms with Crippen molar-refractivity contribution in [3.05, 3.63) is 30.5 Å². The predicted molar refractivity (Wildman–Crippen MR) is 74.3 cm³/mol. The number of carbonyl (C=O) groups excluding carboxylic acids is 1. The quantitative estimate of drug-likeness (QED) is 0.626. The Kier molecular flexibility index (Phi) is 3.87. The Bertz CT molecular complexity index is 545. The number of amides is 1. The summed E-state index contributed by atoms with van der Waals surface area (Å²) >= 11 is 0. The fourth-order valence-electron chi connectivity index (χ4n) is 2.00. The Morgan fingerprint density at radius 1 is 1.39 bits per heavy atom. The van der Waals surface area contributed by atoms with E-state index < -0.39 is 0 Å². The molecule has 0 saturated carbocycles. The van der Waals surface area contributed by atoms with Crippen molar-refractivity contribution in [1.82, 2.24) is 9.88 Å². The maximum absolute atomic E-state index is 11.8. The van der Waals surface area contributed by atoms with Crippen LogP contribution in [0.4, 0.5) is 5.69 Å². The van der Waals surface area contributed by atoms with Crippen LogP contribution in [-0.4, -0.2) is 17.0 Å². The second-order valence-electron chi connectivity index (χ2n) is 4.43. The number of carbonyl (C=O) groups is 1. The summed E-state index contributed by atoms with van der Waals surface area (Å²) in [6.45, 7) is 3.20. The highest BCUT2D eigenvalue weighted by Gasteiger charge is 2.06. The average molecular weight is 245 g/mol. The van der Waals surface area contributed by atoms with Crippen molar-refractivity contribution in [2.45, 2.75) is 26.3 Å². The smallest absolute Gasteiger partial charge is 0.239 e. The number of nitrogen functional groups attached to an aromatic ring is 1. The third-order valence-electron chi connectivity index (χ3n) is 3.01. The molecule has 0 unspecified atom stereocenters. The molecule has 0 aliphatic carbocycles. The van der Waals surface area contributed by atoms with Crippen molar-refractivity contribution in [2.24, 2.45) is 0 Å². The van der Waals surface area contributed by atoms with Gasteiger partial charge in [-0.3, -0.25) is 4.79 Å². The highest BCUT2D eigenvalue weighted by Crippen LogP contribution is 2.21. The molecule has 96 valence electrons. The molecule has 1 aromatic carbocycles. The first-order chi connectivity index (χ1) is 8.72. The minimum Gasteiger partial charge on any atom is -0.398 e. The minimum absolute atomic E-state index is 0.0448. The number of rotatable bonds is 5. The van der Waals surface area contributed by atoms with E-state index >= 15 is 0 Å². The number of aromatic nitrogens is 1. The standard InChI is InChI=1S/C14H19N3O/c1-2-3-8-16-14(18)10-17-9-7-11-12(15)5-4-6-13(11)17/h4-7,9H,2-3,8,10,15H2,1H3,(H,16,18). The Labute approximate surface area is 107 Å². The first-order valence-corrected chi connectivity index (χ1v) is 6.32. The van der Waals surface area contributed by atoms with Crippen molar-refractivity contribution in [3.63, 3.8) is 0 Å². The number of nitrogens with two attached hydrogens (primary N) is 1. The molecular weight excluding hydrogens is 226 g/mol. The number of benzene rings is 1. The van der Waals surface area contributed by atoms with E-state index in [0.717, 1.165) is 36.0 Å². The summed E-state index contributed by atoms with van der Waals surface area (Å²) in [7, 11) is 0. The number of hydrogen-bond donors (Lipinski definition) is 2. The van der Waals surface area contributed by atoms with E-state index in [-0.39, 0.29) is 5.91 Å². The van der Waals surface area contributed by atoms with Crippen LogP contribution in [-0.2, 0) is 11.3 Å². The van der Waals surface area contributed by atoms with Crippen molar-refractivity contribution < 1.29 is 4.79 Å². The summed E-state index contributed by atoms with van der Waals surface area (Å²) in [5, 5.41) is 3.91. The molecule has 4 nitrogen and oxygen atoms in total. The van der Waals surface area contributed by atoms with E-state index in [4.69, 9.17) is 5.73 Å². The van der Waals surface area contributed by atoms with Crippen molar-refractivity contribution >= 4 is 22.5 Å². The zero-order valence-electron chi connectivity index (χ0n) is 10.6. The van der Waals surface area contributed by atoms with Gasteiger partial charge in [0.25, 0.3) is 0 Å². The van der Waals surface area contributed by atoms with Crippen LogP contribution in [0.1, 0.15) is 19.8 Å². The topological polar surface area (TPSA) is 60.0 Å². The number of anilines is 1. The molecule has 2 aromatic rings. The maximum atomic E-state index is 11.8. The molecule has 18 heavy (non-hydrogen) atoms.